The van der Waals surface area contributed by atoms with Gasteiger partial charge in [0.05, 0.1) is 16.8 Å². The highest BCUT2D eigenvalue weighted by Crippen LogP contribution is 2.33. The van der Waals surface area contributed by atoms with Gasteiger partial charge in [-0.25, -0.2) is 0 Å². The number of aliphatic imine (C=N–C) groups is 1. The molecule has 0 aliphatic carbocycles. The predicted molar refractivity (Wildman–Crippen MR) is 76.2 cm³/mol. The van der Waals surface area contributed by atoms with Gasteiger partial charge in [0.25, 0.3) is 0 Å². The number of fused-ring (bicyclic) bond motifs is 1. The second-order valence-corrected chi connectivity index (χ2v) is 5.04. The van der Waals surface area contributed by atoms with E-state index >= 15 is 0 Å². The van der Waals surface area contributed by atoms with Crippen LogP contribution in [0.1, 0.15) is 17.4 Å². The molecule has 1 aliphatic heterocycles. The van der Waals surface area contributed by atoms with Crippen molar-refractivity contribution < 1.29 is 5.11 Å². The number of hydrogen-bond acceptors (Lipinski definition) is 5. The Balaban J connectivity index is 2.10. The largest absolute Gasteiger partial charge is 0.493 e. The summed E-state index contributed by atoms with van der Waals surface area (Å²) in [6.45, 7) is 2.28. The standard InChI is InChI=1S/C13H11N3O2S/c1-2-16-12(17)11(19-13(16)18)5-8-6-15-10-7-14-4-3-9(8)10/h3-7,17H,2H2,1H3/b8-5+. The summed E-state index contributed by atoms with van der Waals surface area (Å²) in [5, 5.41) is 9.99. The molecule has 1 aliphatic rings. The summed E-state index contributed by atoms with van der Waals surface area (Å²) >= 11 is 1.03. The number of hydrogen-bond donors (Lipinski definition) is 1. The first-order chi connectivity index (χ1) is 9.20. The average molecular weight is 273 g/mol. The van der Waals surface area contributed by atoms with E-state index in [1.165, 1.54) is 4.57 Å². The SMILES string of the molecule is CCn1c(O)c(/C=C2\C=Nc3cnccc32)sc1=O. The molecule has 0 spiro atoms. The van der Waals surface area contributed by atoms with E-state index in [1.807, 2.05) is 13.0 Å². The molecule has 0 bridgehead atoms. The Kier molecular flexibility index (Phi) is 2.79. The van der Waals surface area contributed by atoms with Crippen molar-refractivity contribution in [1.82, 2.24) is 9.55 Å². The van der Waals surface area contributed by atoms with Gasteiger partial charge in [-0.1, -0.05) is 11.3 Å². The number of aromatic nitrogens is 2. The molecule has 0 atom stereocenters. The molecule has 1 N–H and O–H groups in total. The molecule has 5 nitrogen and oxygen atoms in total. The minimum atomic E-state index is -0.156. The quantitative estimate of drug-likeness (QED) is 0.912. The summed E-state index contributed by atoms with van der Waals surface area (Å²) < 4.78 is 1.34. The third-order valence-corrected chi connectivity index (χ3v) is 3.87. The number of thiazole rings is 1. The second kappa shape index (κ2) is 4.47. The van der Waals surface area contributed by atoms with Gasteiger partial charge in [0.1, 0.15) is 0 Å². The normalized spacial score (nSPS) is 15.1. The van der Waals surface area contributed by atoms with E-state index in [0.29, 0.717) is 11.4 Å². The van der Waals surface area contributed by atoms with E-state index in [9.17, 15) is 9.90 Å². The lowest BCUT2D eigenvalue weighted by molar-refractivity contribution is 0.417. The predicted octanol–water partition coefficient (Wildman–Crippen LogP) is 2.29. The Hall–Kier alpha value is -2.21. The summed E-state index contributed by atoms with van der Waals surface area (Å²) in [7, 11) is 0. The molecule has 19 heavy (non-hydrogen) atoms. The smallest absolute Gasteiger partial charge is 0.310 e. The Morgan fingerprint density at radius 3 is 3.11 bits per heavy atom. The molecule has 0 aromatic carbocycles. The van der Waals surface area contributed by atoms with Crippen LogP contribution >= 0.6 is 11.3 Å². The van der Waals surface area contributed by atoms with Gasteiger partial charge in [-0.3, -0.25) is 19.3 Å². The maximum Gasteiger partial charge on any atom is 0.310 e. The summed E-state index contributed by atoms with van der Waals surface area (Å²) in [6.07, 6.45) is 6.88. The maximum atomic E-state index is 11.7. The first kappa shape index (κ1) is 11.9. The van der Waals surface area contributed by atoms with Gasteiger partial charge in [-0.15, -0.1) is 0 Å². The topological polar surface area (TPSA) is 67.5 Å². The zero-order chi connectivity index (χ0) is 13.4. The molecular formula is C13H11N3O2S. The van der Waals surface area contributed by atoms with Crippen LogP contribution in [0.2, 0.25) is 0 Å². The fourth-order valence-corrected chi connectivity index (χ4v) is 2.89. The van der Waals surface area contributed by atoms with Crippen LogP contribution in [0.25, 0.3) is 11.6 Å². The fourth-order valence-electron chi connectivity index (χ4n) is 1.99. The minimum absolute atomic E-state index is 0.0147. The summed E-state index contributed by atoms with van der Waals surface area (Å²) in [5.41, 5.74) is 2.63. The van der Waals surface area contributed by atoms with Crippen molar-refractivity contribution in [2.45, 2.75) is 13.5 Å². The van der Waals surface area contributed by atoms with Crippen LogP contribution < -0.4 is 4.87 Å². The van der Waals surface area contributed by atoms with Gasteiger partial charge in [-0.05, 0) is 19.1 Å². The molecule has 0 unspecified atom stereocenters. The molecule has 2 aromatic rings. The highest BCUT2D eigenvalue weighted by Gasteiger charge is 2.15. The van der Waals surface area contributed by atoms with E-state index in [-0.39, 0.29) is 10.8 Å². The van der Waals surface area contributed by atoms with Gasteiger partial charge in [0, 0.05) is 30.1 Å². The van der Waals surface area contributed by atoms with E-state index in [4.69, 9.17) is 0 Å². The maximum absolute atomic E-state index is 11.7. The Morgan fingerprint density at radius 1 is 1.53 bits per heavy atom. The van der Waals surface area contributed by atoms with Crippen LogP contribution in [0.5, 0.6) is 5.88 Å². The van der Waals surface area contributed by atoms with Gasteiger partial charge >= 0.3 is 4.87 Å². The zero-order valence-corrected chi connectivity index (χ0v) is 11.0. The first-order valence-electron chi connectivity index (χ1n) is 5.83. The van der Waals surface area contributed by atoms with Gasteiger partial charge in [0.2, 0.25) is 5.88 Å². The molecule has 3 rings (SSSR count). The highest BCUT2D eigenvalue weighted by molar-refractivity contribution is 7.10. The molecule has 0 saturated carbocycles. The van der Waals surface area contributed by atoms with E-state index in [0.717, 1.165) is 28.2 Å². The fraction of sp³-hybridized carbons (Fsp3) is 0.154. The molecule has 0 saturated heterocycles. The molecule has 3 heterocycles. The average Bonchev–Trinajstić information content (AvgIpc) is 2.93. The molecule has 0 fully saturated rings. The lowest BCUT2D eigenvalue weighted by Gasteiger charge is -1.99. The van der Waals surface area contributed by atoms with Crippen molar-refractivity contribution in [3.8, 4) is 5.88 Å². The monoisotopic (exact) mass is 273 g/mol. The van der Waals surface area contributed by atoms with Crippen molar-refractivity contribution in [1.29, 1.82) is 0 Å². The highest BCUT2D eigenvalue weighted by atomic mass is 32.1. The molecule has 96 valence electrons. The molecule has 0 radical (unpaired) electrons. The molecule has 6 heteroatoms. The Labute approximate surface area is 113 Å². The van der Waals surface area contributed by atoms with Crippen LogP contribution in [-0.2, 0) is 6.54 Å². The van der Waals surface area contributed by atoms with Crippen molar-refractivity contribution in [2.24, 2.45) is 4.99 Å². The number of nitrogens with zero attached hydrogens (tertiary/aromatic N) is 3. The van der Waals surface area contributed by atoms with Crippen molar-refractivity contribution in [3.63, 3.8) is 0 Å². The number of aromatic hydroxyl groups is 1. The summed E-state index contributed by atoms with van der Waals surface area (Å²) in [6, 6.07) is 1.87. The van der Waals surface area contributed by atoms with E-state index in [2.05, 4.69) is 9.98 Å². The van der Waals surface area contributed by atoms with Crippen LogP contribution in [0, 0.1) is 0 Å². The molecule has 0 amide bonds. The van der Waals surface area contributed by atoms with Crippen molar-refractivity contribution in [3.05, 3.63) is 38.6 Å². The van der Waals surface area contributed by atoms with Gasteiger partial charge in [-0.2, -0.15) is 0 Å². The number of pyridine rings is 1. The minimum Gasteiger partial charge on any atom is -0.493 e. The zero-order valence-electron chi connectivity index (χ0n) is 10.2. The summed E-state index contributed by atoms with van der Waals surface area (Å²) in [5.74, 6) is 0.0147. The van der Waals surface area contributed by atoms with E-state index in [1.54, 1.807) is 24.7 Å². The molecule has 2 aromatic heterocycles. The van der Waals surface area contributed by atoms with Crippen molar-refractivity contribution >= 4 is 34.9 Å². The third kappa shape index (κ3) is 1.90. The number of allylic oxidation sites excluding steroid dienone is 1. The molecular weight excluding hydrogens is 262 g/mol. The third-order valence-electron chi connectivity index (χ3n) is 2.95. The van der Waals surface area contributed by atoms with E-state index < -0.39 is 0 Å². The summed E-state index contributed by atoms with van der Waals surface area (Å²) in [4.78, 5) is 20.3. The van der Waals surface area contributed by atoms with Crippen molar-refractivity contribution in [2.75, 3.05) is 0 Å². The number of rotatable bonds is 2. The Morgan fingerprint density at radius 2 is 2.37 bits per heavy atom. The van der Waals surface area contributed by atoms with Gasteiger partial charge < -0.3 is 5.11 Å². The first-order valence-corrected chi connectivity index (χ1v) is 6.65. The van der Waals surface area contributed by atoms with Crippen LogP contribution in [0.15, 0.2) is 28.2 Å². The van der Waals surface area contributed by atoms with Crippen LogP contribution in [0.3, 0.4) is 0 Å². The Bertz CT molecular complexity index is 755. The second-order valence-electron chi connectivity index (χ2n) is 4.05. The van der Waals surface area contributed by atoms with Crippen LogP contribution in [-0.4, -0.2) is 20.9 Å². The van der Waals surface area contributed by atoms with Gasteiger partial charge in [0.15, 0.2) is 0 Å². The lowest BCUT2D eigenvalue weighted by atomic mass is 10.1. The lowest BCUT2D eigenvalue weighted by Crippen LogP contribution is -2.09. The van der Waals surface area contributed by atoms with Crippen LogP contribution in [0.4, 0.5) is 5.69 Å².